The van der Waals surface area contributed by atoms with Crippen molar-refractivity contribution in [2.75, 3.05) is 20.8 Å². The Labute approximate surface area is 337 Å². The SMILES string of the molecule is CO[C@@H]1[C@H](O[C@@H](/C=C/C(C)=C/C=C/C(C)=C/C=C/C(C)=C/C=C/C=C(C)/C=C/C=C(C)/C=C/C2=C(C)C[C@@H](O)CC2(C)C)C(C)(C)O)O[C@H](CO)[C@@H](OC)[C@@H]1O. The Balaban J connectivity index is 1.93. The zero-order valence-corrected chi connectivity index (χ0v) is 35.9. The molecule has 56 heavy (non-hydrogen) atoms. The van der Waals surface area contributed by atoms with Gasteiger partial charge in [0.2, 0.25) is 0 Å². The van der Waals surface area contributed by atoms with Crippen LogP contribution in [-0.4, -0.2) is 89.8 Å². The van der Waals surface area contributed by atoms with E-state index in [4.69, 9.17) is 18.9 Å². The molecule has 0 bridgehead atoms. The lowest BCUT2D eigenvalue weighted by atomic mass is 9.71. The fourth-order valence-electron chi connectivity index (χ4n) is 6.67. The summed E-state index contributed by atoms with van der Waals surface area (Å²) in [6.07, 6.45) is 30.4. The summed E-state index contributed by atoms with van der Waals surface area (Å²) in [7, 11) is 2.86. The second-order valence-electron chi connectivity index (χ2n) is 16.2. The van der Waals surface area contributed by atoms with Gasteiger partial charge in [-0.2, -0.15) is 0 Å². The highest BCUT2D eigenvalue weighted by molar-refractivity contribution is 5.38. The molecular weight excluding hydrogens is 705 g/mol. The van der Waals surface area contributed by atoms with E-state index in [1.165, 1.54) is 30.9 Å². The van der Waals surface area contributed by atoms with Crippen LogP contribution in [0.5, 0.6) is 0 Å². The first-order valence-electron chi connectivity index (χ1n) is 19.5. The monoisotopic (exact) mass is 775 g/mol. The molecule has 8 nitrogen and oxygen atoms in total. The molecule has 0 radical (unpaired) electrons. The van der Waals surface area contributed by atoms with E-state index in [0.29, 0.717) is 0 Å². The molecule has 2 aliphatic rings. The third-order valence-corrected chi connectivity index (χ3v) is 9.83. The molecule has 7 atom stereocenters. The van der Waals surface area contributed by atoms with E-state index >= 15 is 0 Å². The summed E-state index contributed by atoms with van der Waals surface area (Å²) >= 11 is 0. The van der Waals surface area contributed by atoms with E-state index < -0.39 is 42.4 Å². The highest BCUT2D eigenvalue weighted by atomic mass is 16.7. The van der Waals surface area contributed by atoms with Crippen molar-refractivity contribution in [2.24, 2.45) is 5.41 Å². The molecule has 0 aromatic heterocycles. The van der Waals surface area contributed by atoms with Crippen LogP contribution in [0.1, 0.15) is 82.1 Å². The van der Waals surface area contributed by atoms with Crippen LogP contribution in [0.3, 0.4) is 0 Å². The molecule has 8 heteroatoms. The van der Waals surface area contributed by atoms with Gasteiger partial charge in [-0.25, -0.2) is 0 Å². The van der Waals surface area contributed by atoms with Crippen molar-refractivity contribution in [3.05, 3.63) is 142 Å². The Morgan fingerprint density at radius 3 is 1.68 bits per heavy atom. The van der Waals surface area contributed by atoms with E-state index in [2.05, 4.69) is 90.2 Å². The van der Waals surface area contributed by atoms with E-state index in [1.54, 1.807) is 19.9 Å². The van der Waals surface area contributed by atoms with Gasteiger partial charge >= 0.3 is 0 Å². The maximum absolute atomic E-state index is 10.8. The molecule has 2 rings (SSSR count). The summed E-state index contributed by atoms with van der Waals surface area (Å²) in [6, 6.07) is 0. The van der Waals surface area contributed by atoms with Crippen molar-refractivity contribution in [3.8, 4) is 0 Å². The Morgan fingerprint density at radius 2 is 1.23 bits per heavy atom. The van der Waals surface area contributed by atoms with Gasteiger partial charge in [0.15, 0.2) is 6.29 Å². The molecule has 1 heterocycles. The normalized spacial score (nSPS) is 27.5. The highest BCUT2D eigenvalue weighted by Gasteiger charge is 2.47. The van der Waals surface area contributed by atoms with Gasteiger partial charge in [-0.3, -0.25) is 0 Å². The molecule has 0 spiro atoms. The number of aliphatic hydroxyl groups excluding tert-OH is 3. The third-order valence-electron chi connectivity index (χ3n) is 9.83. The van der Waals surface area contributed by atoms with E-state index in [9.17, 15) is 20.4 Å². The van der Waals surface area contributed by atoms with Crippen LogP contribution in [0, 0.1) is 5.41 Å². The summed E-state index contributed by atoms with van der Waals surface area (Å²) in [5.41, 5.74) is 6.77. The molecule has 0 unspecified atom stereocenters. The number of aliphatic hydroxyl groups is 4. The van der Waals surface area contributed by atoms with Crippen LogP contribution in [0.25, 0.3) is 0 Å². The van der Waals surface area contributed by atoms with Crippen LogP contribution in [0.15, 0.2) is 142 Å². The molecule has 0 amide bonds. The lowest BCUT2D eigenvalue weighted by molar-refractivity contribution is -0.323. The molecular formula is C48H70O8. The molecule has 310 valence electrons. The topological polar surface area (TPSA) is 118 Å². The van der Waals surface area contributed by atoms with Crippen LogP contribution in [-0.2, 0) is 18.9 Å². The van der Waals surface area contributed by atoms with Gasteiger partial charge < -0.3 is 39.4 Å². The van der Waals surface area contributed by atoms with Gasteiger partial charge in [-0.05, 0) is 79.2 Å². The lowest BCUT2D eigenvalue weighted by Crippen LogP contribution is -2.61. The van der Waals surface area contributed by atoms with Gasteiger partial charge in [0.1, 0.15) is 30.5 Å². The maximum Gasteiger partial charge on any atom is 0.187 e. The van der Waals surface area contributed by atoms with Gasteiger partial charge in [-0.1, -0.05) is 151 Å². The predicted octanol–water partition coefficient (Wildman–Crippen LogP) is 8.82. The van der Waals surface area contributed by atoms with Crippen molar-refractivity contribution in [1.29, 1.82) is 0 Å². The Hall–Kier alpha value is -3.44. The Kier molecular flexibility index (Phi) is 20.6. The second-order valence-corrected chi connectivity index (χ2v) is 16.2. The lowest BCUT2D eigenvalue weighted by Gasteiger charge is -2.44. The minimum Gasteiger partial charge on any atom is -0.394 e. The van der Waals surface area contributed by atoms with Crippen molar-refractivity contribution in [1.82, 2.24) is 0 Å². The van der Waals surface area contributed by atoms with Crippen LogP contribution in [0.4, 0.5) is 0 Å². The first-order valence-corrected chi connectivity index (χ1v) is 19.5. The van der Waals surface area contributed by atoms with E-state index in [1.807, 2.05) is 62.5 Å². The number of ether oxygens (including phenoxy) is 4. The minimum atomic E-state index is -1.28. The molecule has 0 aromatic carbocycles. The van der Waals surface area contributed by atoms with Crippen molar-refractivity contribution < 1.29 is 39.4 Å². The zero-order chi connectivity index (χ0) is 42.1. The molecule has 1 aliphatic heterocycles. The fraction of sp³-hybridized carbons (Fsp3) is 0.500. The van der Waals surface area contributed by atoms with Crippen molar-refractivity contribution in [3.63, 3.8) is 0 Å². The van der Waals surface area contributed by atoms with E-state index in [0.717, 1.165) is 35.1 Å². The highest BCUT2D eigenvalue weighted by Crippen LogP contribution is 2.41. The zero-order valence-electron chi connectivity index (χ0n) is 35.9. The molecule has 1 saturated heterocycles. The van der Waals surface area contributed by atoms with Crippen LogP contribution >= 0.6 is 0 Å². The summed E-state index contributed by atoms with van der Waals surface area (Å²) in [5, 5.41) is 41.5. The molecule has 1 fully saturated rings. The maximum atomic E-state index is 10.8. The van der Waals surface area contributed by atoms with Gasteiger partial charge in [0, 0.05) is 14.2 Å². The molecule has 0 saturated carbocycles. The number of rotatable bonds is 18. The summed E-state index contributed by atoms with van der Waals surface area (Å²) in [4.78, 5) is 0. The van der Waals surface area contributed by atoms with Crippen molar-refractivity contribution in [2.45, 2.75) is 131 Å². The number of allylic oxidation sites excluding steroid dienone is 22. The Bertz CT molecular complexity index is 1630. The van der Waals surface area contributed by atoms with Crippen LogP contribution < -0.4 is 0 Å². The standard InChI is InChI=1S/C48H70O8/c1-33(18-13-14-19-34(2)21-16-24-36(4)26-28-40-38(6)30-39(50)31-47(40,7)8)20-15-22-35(3)23-17-25-37(5)27-29-42(48(9,10)52)56-46-45(54-12)43(51)44(53-11)41(32-49)55-46/h13-29,39,41-46,49-52H,30-32H2,1-12H3/b14-13+,20-15+,21-16+,23-17+,28-26+,29-27+,33-18+,34-19+,35-22+,36-24+,37-25+/t39-,41-,42+,43+,44-,45+,46+/m1/s1. The summed E-state index contributed by atoms with van der Waals surface area (Å²) in [5.74, 6) is 0. The molecule has 1 aliphatic carbocycles. The largest absolute Gasteiger partial charge is 0.394 e. The average molecular weight is 775 g/mol. The first-order chi connectivity index (χ1) is 26.3. The first kappa shape index (κ1) is 48.7. The van der Waals surface area contributed by atoms with Crippen LogP contribution in [0.2, 0.25) is 0 Å². The quantitative estimate of drug-likeness (QED) is 0.102. The molecule has 4 N–H and O–H groups in total. The number of methoxy groups -OCH3 is 2. The van der Waals surface area contributed by atoms with Gasteiger partial charge in [0.05, 0.1) is 18.3 Å². The molecule has 0 aromatic rings. The number of hydrogen-bond acceptors (Lipinski definition) is 8. The predicted molar refractivity (Wildman–Crippen MR) is 230 cm³/mol. The number of hydrogen-bond donors (Lipinski definition) is 4. The van der Waals surface area contributed by atoms with E-state index in [-0.39, 0.29) is 18.1 Å². The summed E-state index contributed by atoms with van der Waals surface area (Å²) in [6.45, 7) is 19.6. The Morgan fingerprint density at radius 1 is 0.768 bits per heavy atom. The van der Waals surface area contributed by atoms with Crippen molar-refractivity contribution >= 4 is 0 Å². The van der Waals surface area contributed by atoms with Gasteiger partial charge in [0.25, 0.3) is 0 Å². The average Bonchev–Trinajstić information content (AvgIpc) is 3.10. The summed E-state index contributed by atoms with van der Waals surface area (Å²) < 4.78 is 22.8. The van der Waals surface area contributed by atoms with Gasteiger partial charge in [-0.15, -0.1) is 0 Å². The smallest absolute Gasteiger partial charge is 0.187 e. The third kappa shape index (κ3) is 16.6. The fourth-order valence-corrected chi connectivity index (χ4v) is 6.67. The minimum absolute atomic E-state index is 0.0190. The second kappa shape index (κ2) is 23.7.